The summed E-state index contributed by atoms with van der Waals surface area (Å²) >= 11 is 6.14. The summed E-state index contributed by atoms with van der Waals surface area (Å²) in [5, 5.41) is 4.12. The zero-order chi connectivity index (χ0) is 15.1. The van der Waals surface area contributed by atoms with Gasteiger partial charge in [-0.1, -0.05) is 41.9 Å². The fourth-order valence-electron chi connectivity index (χ4n) is 1.62. The van der Waals surface area contributed by atoms with Gasteiger partial charge in [0.2, 0.25) is 0 Å². The van der Waals surface area contributed by atoms with Crippen molar-refractivity contribution in [2.45, 2.75) is 6.61 Å². The number of benzene rings is 2. The normalized spacial score (nSPS) is 10.5. The Labute approximate surface area is 127 Å². The number of nitrogens with one attached hydrogen (secondary N) is 1. The number of amides is 2. The molecule has 0 aliphatic rings. The molecule has 0 bridgehead atoms. The molecule has 0 aliphatic heterocycles. The molecule has 6 heteroatoms. The van der Waals surface area contributed by atoms with E-state index in [0.717, 1.165) is 11.1 Å². The van der Waals surface area contributed by atoms with Gasteiger partial charge in [0.05, 0.1) is 11.2 Å². The maximum Gasteiger partial charge on any atom is 0.332 e. The summed E-state index contributed by atoms with van der Waals surface area (Å²) in [7, 11) is 0. The summed E-state index contributed by atoms with van der Waals surface area (Å²) in [4.78, 5) is 10.5. The zero-order valence-corrected chi connectivity index (χ0v) is 11.9. The summed E-state index contributed by atoms with van der Waals surface area (Å²) in [5.74, 6) is 0.584. The molecule has 2 aromatic rings. The highest BCUT2D eigenvalue weighted by atomic mass is 35.5. The van der Waals surface area contributed by atoms with Gasteiger partial charge in [-0.15, -0.1) is 0 Å². The minimum absolute atomic E-state index is 0.442. The van der Waals surface area contributed by atoms with Crippen molar-refractivity contribution in [3.63, 3.8) is 0 Å². The Kier molecular flexibility index (Phi) is 5.17. The molecular formula is C15H14ClN3O2. The van der Waals surface area contributed by atoms with Crippen LogP contribution in [0.5, 0.6) is 5.75 Å². The Morgan fingerprint density at radius 1 is 1.29 bits per heavy atom. The van der Waals surface area contributed by atoms with Crippen LogP contribution in [0.3, 0.4) is 0 Å². The summed E-state index contributed by atoms with van der Waals surface area (Å²) in [5.41, 5.74) is 8.79. The minimum Gasteiger partial charge on any atom is -0.487 e. The van der Waals surface area contributed by atoms with Crippen LogP contribution < -0.4 is 15.9 Å². The molecule has 2 rings (SSSR count). The molecule has 0 unspecified atom stereocenters. The number of primary amides is 1. The molecule has 0 aromatic heterocycles. The Hall–Kier alpha value is -2.53. The maximum atomic E-state index is 10.5. The van der Waals surface area contributed by atoms with E-state index in [4.69, 9.17) is 22.1 Å². The van der Waals surface area contributed by atoms with Gasteiger partial charge in [0, 0.05) is 0 Å². The van der Waals surface area contributed by atoms with E-state index < -0.39 is 6.03 Å². The molecular weight excluding hydrogens is 290 g/mol. The highest BCUT2D eigenvalue weighted by Crippen LogP contribution is 2.25. The monoisotopic (exact) mass is 303 g/mol. The van der Waals surface area contributed by atoms with Gasteiger partial charge >= 0.3 is 6.03 Å². The van der Waals surface area contributed by atoms with Crippen LogP contribution in [0, 0.1) is 0 Å². The predicted molar refractivity (Wildman–Crippen MR) is 82.5 cm³/mol. The highest BCUT2D eigenvalue weighted by molar-refractivity contribution is 6.32. The van der Waals surface area contributed by atoms with Gasteiger partial charge < -0.3 is 10.5 Å². The van der Waals surface area contributed by atoms with Gasteiger partial charge in [-0.2, -0.15) is 5.10 Å². The van der Waals surface area contributed by atoms with E-state index in [1.165, 1.54) is 6.21 Å². The lowest BCUT2D eigenvalue weighted by Crippen LogP contribution is -2.24. The van der Waals surface area contributed by atoms with Crippen LogP contribution in [0.4, 0.5) is 4.79 Å². The quantitative estimate of drug-likeness (QED) is 0.658. The molecule has 0 atom stereocenters. The van der Waals surface area contributed by atoms with E-state index in [1.807, 2.05) is 30.3 Å². The Morgan fingerprint density at radius 2 is 2.05 bits per heavy atom. The van der Waals surface area contributed by atoms with Crippen molar-refractivity contribution in [1.82, 2.24) is 5.43 Å². The van der Waals surface area contributed by atoms with Crippen molar-refractivity contribution < 1.29 is 9.53 Å². The third-order valence-corrected chi connectivity index (χ3v) is 2.88. The maximum absolute atomic E-state index is 10.5. The van der Waals surface area contributed by atoms with Crippen LogP contribution in [0.2, 0.25) is 5.02 Å². The standard InChI is InChI=1S/C15H14ClN3O2/c16-13-8-12(9-18-19-15(17)20)6-7-14(13)21-10-11-4-2-1-3-5-11/h1-9H,10H2,(H3,17,19,20)/b18-9+. The average Bonchev–Trinajstić information content (AvgIpc) is 2.47. The van der Waals surface area contributed by atoms with Crippen LogP contribution in [0.1, 0.15) is 11.1 Å². The van der Waals surface area contributed by atoms with Gasteiger partial charge in [-0.05, 0) is 29.3 Å². The largest absolute Gasteiger partial charge is 0.487 e. The Morgan fingerprint density at radius 3 is 2.71 bits per heavy atom. The first kappa shape index (κ1) is 14.9. The predicted octanol–water partition coefficient (Wildman–Crippen LogP) is 2.92. The van der Waals surface area contributed by atoms with Crippen LogP contribution >= 0.6 is 11.6 Å². The molecule has 0 radical (unpaired) electrons. The summed E-state index contributed by atoms with van der Waals surface area (Å²) in [6.45, 7) is 0.442. The second kappa shape index (κ2) is 7.31. The second-order valence-electron chi connectivity index (χ2n) is 4.20. The van der Waals surface area contributed by atoms with Crippen molar-refractivity contribution in [2.24, 2.45) is 10.8 Å². The number of hydrogen-bond donors (Lipinski definition) is 2. The number of nitrogens with zero attached hydrogens (tertiary/aromatic N) is 1. The van der Waals surface area contributed by atoms with E-state index in [2.05, 4.69) is 10.5 Å². The molecule has 108 valence electrons. The van der Waals surface area contributed by atoms with E-state index in [0.29, 0.717) is 17.4 Å². The number of nitrogens with two attached hydrogens (primary N) is 1. The van der Waals surface area contributed by atoms with Gasteiger partial charge in [-0.3, -0.25) is 0 Å². The third-order valence-electron chi connectivity index (χ3n) is 2.58. The van der Waals surface area contributed by atoms with Crippen LogP contribution in [-0.2, 0) is 6.61 Å². The number of carbonyl (C=O) groups excluding carboxylic acids is 1. The Balaban J connectivity index is 1.99. The topological polar surface area (TPSA) is 76.7 Å². The number of hydrazone groups is 1. The molecule has 3 N–H and O–H groups in total. The first-order chi connectivity index (χ1) is 10.1. The van der Waals surface area contributed by atoms with Crippen molar-refractivity contribution in [2.75, 3.05) is 0 Å². The summed E-state index contributed by atoms with van der Waals surface area (Å²) < 4.78 is 5.65. The molecule has 0 heterocycles. The van der Waals surface area contributed by atoms with Gasteiger partial charge in [-0.25, -0.2) is 10.2 Å². The molecule has 0 saturated carbocycles. The first-order valence-corrected chi connectivity index (χ1v) is 6.58. The number of carbonyl (C=O) groups is 1. The molecule has 21 heavy (non-hydrogen) atoms. The molecule has 0 fully saturated rings. The summed E-state index contributed by atoms with van der Waals surface area (Å²) in [6, 6.07) is 14.3. The number of rotatable bonds is 5. The number of hydrogen-bond acceptors (Lipinski definition) is 3. The zero-order valence-electron chi connectivity index (χ0n) is 11.1. The first-order valence-electron chi connectivity index (χ1n) is 6.20. The third kappa shape index (κ3) is 4.81. The molecule has 0 saturated heterocycles. The van der Waals surface area contributed by atoms with Crippen molar-refractivity contribution >= 4 is 23.8 Å². The fourth-order valence-corrected chi connectivity index (χ4v) is 1.86. The lowest BCUT2D eigenvalue weighted by atomic mass is 10.2. The highest BCUT2D eigenvalue weighted by Gasteiger charge is 2.03. The van der Waals surface area contributed by atoms with Gasteiger partial charge in [0.15, 0.2) is 0 Å². The van der Waals surface area contributed by atoms with Crippen molar-refractivity contribution in [3.8, 4) is 5.75 Å². The molecule has 0 spiro atoms. The lowest BCUT2D eigenvalue weighted by Gasteiger charge is -2.08. The molecule has 2 amide bonds. The van der Waals surface area contributed by atoms with E-state index in [1.54, 1.807) is 18.2 Å². The SMILES string of the molecule is NC(=O)N/N=C/c1ccc(OCc2ccccc2)c(Cl)c1. The number of ether oxygens (including phenoxy) is 1. The lowest BCUT2D eigenvalue weighted by molar-refractivity contribution is 0.249. The van der Waals surface area contributed by atoms with Crippen molar-refractivity contribution in [1.29, 1.82) is 0 Å². The molecule has 0 aliphatic carbocycles. The summed E-state index contributed by atoms with van der Waals surface area (Å²) in [6.07, 6.45) is 1.44. The molecule has 5 nitrogen and oxygen atoms in total. The average molecular weight is 304 g/mol. The minimum atomic E-state index is -0.722. The van der Waals surface area contributed by atoms with Crippen LogP contribution in [0.15, 0.2) is 53.6 Å². The van der Waals surface area contributed by atoms with Gasteiger partial charge in [0.1, 0.15) is 12.4 Å². The Bertz CT molecular complexity index is 645. The van der Waals surface area contributed by atoms with E-state index in [-0.39, 0.29) is 0 Å². The van der Waals surface area contributed by atoms with E-state index >= 15 is 0 Å². The van der Waals surface area contributed by atoms with E-state index in [9.17, 15) is 4.79 Å². The van der Waals surface area contributed by atoms with Crippen LogP contribution in [0.25, 0.3) is 0 Å². The smallest absolute Gasteiger partial charge is 0.332 e. The van der Waals surface area contributed by atoms with Gasteiger partial charge in [0.25, 0.3) is 0 Å². The van der Waals surface area contributed by atoms with Crippen LogP contribution in [-0.4, -0.2) is 12.2 Å². The number of halogens is 1. The second-order valence-corrected chi connectivity index (χ2v) is 4.61. The number of urea groups is 1. The fraction of sp³-hybridized carbons (Fsp3) is 0.0667. The van der Waals surface area contributed by atoms with Crippen molar-refractivity contribution in [3.05, 3.63) is 64.7 Å². The molecule has 2 aromatic carbocycles.